The van der Waals surface area contributed by atoms with E-state index >= 15 is 0 Å². The predicted octanol–water partition coefficient (Wildman–Crippen LogP) is 1.50. The SMILES string of the molecule is [C-]#[N+]C(=CN(C)C)c1cc(C)[nH]n1. The van der Waals surface area contributed by atoms with E-state index in [9.17, 15) is 0 Å². The molecule has 0 unspecified atom stereocenters. The van der Waals surface area contributed by atoms with Gasteiger partial charge in [0.05, 0.1) is 12.3 Å². The fraction of sp³-hybridized carbons (Fsp3) is 0.333. The molecule has 1 N–H and O–H groups in total. The molecule has 13 heavy (non-hydrogen) atoms. The van der Waals surface area contributed by atoms with E-state index in [1.54, 1.807) is 6.20 Å². The van der Waals surface area contributed by atoms with Gasteiger partial charge in [0, 0.05) is 26.0 Å². The van der Waals surface area contributed by atoms with Crippen LogP contribution in [-0.2, 0) is 0 Å². The third kappa shape index (κ3) is 2.34. The highest BCUT2D eigenvalue weighted by molar-refractivity contribution is 5.67. The number of aromatic nitrogens is 2. The van der Waals surface area contributed by atoms with Crippen molar-refractivity contribution < 1.29 is 0 Å². The van der Waals surface area contributed by atoms with Crippen LogP contribution < -0.4 is 0 Å². The third-order valence-corrected chi connectivity index (χ3v) is 1.47. The molecule has 0 aliphatic heterocycles. The van der Waals surface area contributed by atoms with E-state index in [1.165, 1.54) is 0 Å². The minimum atomic E-state index is 0.550. The van der Waals surface area contributed by atoms with Crippen LogP contribution in [0.3, 0.4) is 0 Å². The molecule has 4 nitrogen and oxygen atoms in total. The number of rotatable bonds is 2. The van der Waals surface area contributed by atoms with Crippen molar-refractivity contribution in [3.05, 3.63) is 35.1 Å². The maximum atomic E-state index is 6.98. The molecule has 68 valence electrons. The first kappa shape index (κ1) is 9.33. The number of hydrogen-bond acceptors (Lipinski definition) is 2. The Hall–Kier alpha value is -1.76. The van der Waals surface area contributed by atoms with E-state index in [-0.39, 0.29) is 0 Å². The Morgan fingerprint density at radius 1 is 1.69 bits per heavy atom. The molecular formula is C9H12N4. The lowest BCUT2D eigenvalue weighted by Crippen LogP contribution is -2.01. The van der Waals surface area contributed by atoms with Crippen LogP contribution in [0, 0.1) is 13.5 Å². The van der Waals surface area contributed by atoms with Crippen LogP contribution in [0.5, 0.6) is 0 Å². The smallest absolute Gasteiger partial charge is 0.229 e. The van der Waals surface area contributed by atoms with E-state index in [4.69, 9.17) is 6.57 Å². The van der Waals surface area contributed by atoms with E-state index in [0.717, 1.165) is 5.69 Å². The molecule has 4 heteroatoms. The lowest BCUT2D eigenvalue weighted by molar-refractivity contribution is 0.566. The molecule has 0 fully saturated rings. The highest BCUT2D eigenvalue weighted by Crippen LogP contribution is 2.13. The number of aryl methyl sites for hydroxylation is 1. The van der Waals surface area contributed by atoms with Crippen molar-refractivity contribution in [2.45, 2.75) is 6.92 Å². The van der Waals surface area contributed by atoms with Gasteiger partial charge in [0.15, 0.2) is 0 Å². The topological polar surface area (TPSA) is 36.3 Å². The van der Waals surface area contributed by atoms with Crippen molar-refractivity contribution in [2.24, 2.45) is 0 Å². The van der Waals surface area contributed by atoms with Crippen LogP contribution in [0.1, 0.15) is 11.4 Å². The molecule has 0 amide bonds. The quantitative estimate of drug-likeness (QED) is 0.693. The Kier molecular flexibility index (Phi) is 2.70. The van der Waals surface area contributed by atoms with Gasteiger partial charge in [-0.05, 0) is 13.0 Å². The van der Waals surface area contributed by atoms with Crippen LogP contribution in [0.25, 0.3) is 10.5 Å². The van der Waals surface area contributed by atoms with Gasteiger partial charge < -0.3 is 4.90 Å². The van der Waals surface area contributed by atoms with Gasteiger partial charge >= 0.3 is 0 Å². The van der Waals surface area contributed by atoms with E-state index in [1.807, 2.05) is 32.0 Å². The normalized spacial score (nSPS) is 11.1. The monoisotopic (exact) mass is 176 g/mol. The van der Waals surface area contributed by atoms with Gasteiger partial charge in [-0.15, -0.1) is 0 Å². The largest absolute Gasteiger partial charge is 0.393 e. The molecular weight excluding hydrogens is 164 g/mol. The average molecular weight is 176 g/mol. The summed E-state index contributed by atoms with van der Waals surface area (Å²) in [5.41, 5.74) is 2.21. The summed E-state index contributed by atoms with van der Waals surface area (Å²) in [6.45, 7) is 8.89. The maximum Gasteiger partial charge on any atom is 0.229 e. The number of nitrogens with zero attached hydrogens (tertiary/aromatic N) is 3. The van der Waals surface area contributed by atoms with Crippen molar-refractivity contribution in [2.75, 3.05) is 14.1 Å². The first-order chi connectivity index (χ1) is 6.13. The zero-order valence-electron chi connectivity index (χ0n) is 8.00. The fourth-order valence-corrected chi connectivity index (χ4v) is 0.946. The van der Waals surface area contributed by atoms with E-state index in [0.29, 0.717) is 11.4 Å². The zero-order valence-corrected chi connectivity index (χ0v) is 8.00. The Balaban J connectivity index is 2.99. The van der Waals surface area contributed by atoms with Crippen molar-refractivity contribution in [3.8, 4) is 0 Å². The van der Waals surface area contributed by atoms with Crippen LogP contribution >= 0.6 is 0 Å². The molecule has 1 aromatic heterocycles. The number of H-pyrrole nitrogens is 1. The van der Waals surface area contributed by atoms with Gasteiger partial charge in [0.1, 0.15) is 0 Å². The van der Waals surface area contributed by atoms with Crippen LogP contribution in [0.15, 0.2) is 12.3 Å². The lowest BCUT2D eigenvalue weighted by atomic mass is 10.3. The summed E-state index contributed by atoms with van der Waals surface area (Å²) in [6, 6.07) is 1.85. The molecule has 0 aromatic carbocycles. The van der Waals surface area contributed by atoms with Gasteiger partial charge in [0.2, 0.25) is 5.70 Å². The van der Waals surface area contributed by atoms with Crippen molar-refractivity contribution in [3.63, 3.8) is 0 Å². The predicted molar refractivity (Wildman–Crippen MR) is 51.6 cm³/mol. The van der Waals surface area contributed by atoms with Crippen LogP contribution in [-0.4, -0.2) is 29.2 Å². The van der Waals surface area contributed by atoms with Gasteiger partial charge in [0.25, 0.3) is 0 Å². The first-order valence-electron chi connectivity index (χ1n) is 3.91. The number of nitrogens with one attached hydrogen (secondary N) is 1. The molecule has 0 spiro atoms. The second kappa shape index (κ2) is 3.76. The number of hydrogen-bond donors (Lipinski definition) is 1. The summed E-state index contributed by atoms with van der Waals surface area (Å²) < 4.78 is 0. The summed E-state index contributed by atoms with van der Waals surface area (Å²) in [4.78, 5) is 5.23. The molecule has 0 saturated heterocycles. The molecule has 0 saturated carbocycles. The fourth-order valence-electron chi connectivity index (χ4n) is 0.946. The third-order valence-electron chi connectivity index (χ3n) is 1.47. The van der Waals surface area contributed by atoms with Crippen molar-refractivity contribution >= 4 is 5.70 Å². The van der Waals surface area contributed by atoms with Gasteiger partial charge in [-0.3, -0.25) is 5.10 Å². The van der Waals surface area contributed by atoms with E-state index in [2.05, 4.69) is 15.0 Å². The summed E-state index contributed by atoms with van der Waals surface area (Å²) in [7, 11) is 3.76. The van der Waals surface area contributed by atoms with Crippen molar-refractivity contribution in [1.82, 2.24) is 15.1 Å². The zero-order chi connectivity index (χ0) is 9.84. The molecule has 0 aliphatic carbocycles. The average Bonchev–Trinajstić information content (AvgIpc) is 2.47. The molecule has 1 heterocycles. The Morgan fingerprint density at radius 3 is 2.77 bits per heavy atom. The Bertz CT molecular complexity index is 354. The molecule has 0 aliphatic rings. The van der Waals surface area contributed by atoms with Crippen LogP contribution in [0.4, 0.5) is 0 Å². The molecule has 1 aromatic rings. The molecule has 0 atom stereocenters. The molecule has 0 bridgehead atoms. The standard InChI is InChI=1S/C9H12N4/c1-7-5-8(12-11-7)9(10-2)6-13(3)4/h5-6H,1,3-4H3,(H,11,12). The van der Waals surface area contributed by atoms with Gasteiger partial charge in [-0.2, -0.15) is 5.10 Å². The second-order valence-electron chi connectivity index (χ2n) is 3.03. The maximum absolute atomic E-state index is 6.98. The highest BCUT2D eigenvalue weighted by Gasteiger charge is 2.04. The molecule has 0 radical (unpaired) electrons. The lowest BCUT2D eigenvalue weighted by Gasteiger charge is -2.04. The summed E-state index contributed by atoms with van der Waals surface area (Å²) >= 11 is 0. The summed E-state index contributed by atoms with van der Waals surface area (Å²) in [6.07, 6.45) is 1.75. The van der Waals surface area contributed by atoms with Gasteiger partial charge in [-0.25, -0.2) is 4.85 Å². The molecule has 1 rings (SSSR count). The number of aromatic amines is 1. The second-order valence-corrected chi connectivity index (χ2v) is 3.03. The van der Waals surface area contributed by atoms with E-state index < -0.39 is 0 Å². The highest BCUT2D eigenvalue weighted by atomic mass is 15.1. The van der Waals surface area contributed by atoms with Crippen molar-refractivity contribution in [1.29, 1.82) is 0 Å². The van der Waals surface area contributed by atoms with Gasteiger partial charge in [-0.1, -0.05) is 0 Å². The summed E-state index contributed by atoms with van der Waals surface area (Å²) in [5.74, 6) is 0. The summed E-state index contributed by atoms with van der Waals surface area (Å²) in [5, 5.41) is 6.81. The Morgan fingerprint density at radius 2 is 2.38 bits per heavy atom. The Labute approximate surface area is 77.7 Å². The minimum absolute atomic E-state index is 0.550. The van der Waals surface area contributed by atoms with Crippen LogP contribution in [0.2, 0.25) is 0 Å². The first-order valence-corrected chi connectivity index (χ1v) is 3.91. The minimum Gasteiger partial charge on any atom is -0.393 e.